The quantitative estimate of drug-likeness (QED) is 0.804. The van der Waals surface area contributed by atoms with Crippen LogP contribution in [-0.4, -0.2) is 46.7 Å². The molecule has 0 bridgehead atoms. The molecule has 21 heavy (non-hydrogen) atoms. The molecule has 1 aliphatic rings. The maximum absolute atomic E-state index is 12.1. The number of rotatable bonds is 6. The van der Waals surface area contributed by atoms with Crippen molar-refractivity contribution in [3.8, 4) is 0 Å². The fourth-order valence-corrected chi connectivity index (χ4v) is 2.52. The zero-order chi connectivity index (χ0) is 15.2. The maximum Gasteiger partial charge on any atom is 0.268 e. The Morgan fingerprint density at radius 1 is 1.33 bits per heavy atom. The van der Waals surface area contributed by atoms with Crippen molar-refractivity contribution in [2.75, 3.05) is 24.5 Å². The molecule has 118 valence electrons. The molecule has 1 aromatic heterocycles. The van der Waals surface area contributed by atoms with Crippen LogP contribution >= 0.6 is 0 Å². The lowest BCUT2D eigenvalue weighted by molar-refractivity contribution is 0.142. The summed E-state index contributed by atoms with van der Waals surface area (Å²) in [5, 5.41) is 17.3. The number of anilines is 1. The van der Waals surface area contributed by atoms with Gasteiger partial charge < -0.3 is 15.3 Å². The monoisotopic (exact) mass is 294 g/mol. The normalized spacial score (nSPS) is 17.2. The molecule has 0 radical (unpaired) electrons. The second-order valence-electron chi connectivity index (χ2n) is 6.00. The van der Waals surface area contributed by atoms with Crippen molar-refractivity contribution in [3.05, 3.63) is 22.6 Å². The van der Waals surface area contributed by atoms with Crippen LogP contribution in [0.15, 0.2) is 17.1 Å². The average Bonchev–Trinajstić information content (AvgIpc) is 2.48. The third-order valence-corrected chi connectivity index (χ3v) is 3.72. The minimum absolute atomic E-state index is 0.151. The summed E-state index contributed by atoms with van der Waals surface area (Å²) in [5.41, 5.74) is 0.743. The highest BCUT2D eigenvalue weighted by atomic mass is 16.3. The number of hydrogen-bond donors (Lipinski definition) is 2. The van der Waals surface area contributed by atoms with E-state index in [2.05, 4.69) is 15.3 Å². The minimum atomic E-state index is -0.613. The second kappa shape index (κ2) is 7.56. The largest absolute Gasteiger partial charge is 0.390 e. The Hall–Kier alpha value is -1.40. The van der Waals surface area contributed by atoms with E-state index in [1.165, 1.54) is 23.9 Å². The Morgan fingerprint density at radius 2 is 2.05 bits per heavy atom. The van der Waals surface area contributed by atoms with E-state index in [4.69, 9.17) is 0 Å². The first kappa shape index (κ1) is 16.0. The van der Waals surface area contributed by atoms with E-state index in [1.54, 1.807) is 12.3 Å². The van der Waals surface area contributed by atoms with Crippen LogP contribution in [0.4, 0.5) is 5.69 Å². The van der Waals surface area contributed by atoms with Crippen molar-refractivity contribution in [1.82, 2.24) is 15.1 Å². The minimum Gasteiger partial charge on any atom is -0.390 e. The van der Waals surface area contributed by atoms with Crippen molar-refractivity contribution in [2.24, 2.45) is 0 Å². The van der Waals surface area contributed by atoms with Gasteiger partial charge in [-0.15, -0.1) is 0 Å². The van der Waals surface area contributed by atoms with E-state index in [1.807, 2.05) is 13.8 Å². The number of nitrogens with zero attached hydrogens (tertiary/aromatic N) is 3. The van der Waals surface area contributed by atoms with Crippen LogP contribution in [0, 0.1) is 0 Å². The first-order valence-corrected chi connectivity index (χ1v) is 7.80. The predicted molar refractivity (Wildman–Crippen MR) is 83.7 cm³/mol. The molecule has 0 aromatic carbocycles. The Bertz CT molecular complexity index is 495. The van der Waals surface area contributed by atoms with Gasteiger partial charge >= 0.3 is 0 Å². The molecule has 2 N–H and O–H groups in total. The fraction of sp³-hybridized carbons (Fsp3) is 0.733. The predicted octanol–water partition coefficient (Wildman–Crippen LogP) is 0.592. The SMILES string of the molecule is CC(C)NCC(O)Cn1ncc(N2CCCCC2)cc1=O. The van der Waals surface area contributed by atoms with Gasteiger partial charge in [-0.1, -0.05) is 13.8 Å². The molecular weight excluding hydrogens is 268 g/mol. The fourth-order valence-electron chi connectivity index (χ4n) is 2.52. The lowest BCUT2D eigenvalue weighted by Gasteiger charge is -2.28. The molecule has 2 heterocycles. The van der Waals surface area contributed by atoms with Gasteiger partial charge in [-0.3, -0.25) is 4.79 Å². The van der Waals surface area contributed by atoms with Gasteiger partial charge in [0.25, 0.3) is 5.56 Å². The van der Waals surface area contributed by atoms with Crippen molar-refractivity contribution < 1.29 is 5.11 Å². The van der Waals surface area contributed by atoms with E-state index in [9.17, 15) is 9.90 Å². The first-order chi connectivity index (χ1) is 10.1. The van der Waals surface area contributed by atoms with Crippen LogP contribution in [0.1, 0.15) is 33.1 Å². The average molecular weight is 294 g/mol. The number of aliphatic hydroxyl groups excluding tert-OH is 1. The molecule has 6 heteroatoms. The summed E-state index contributed by atoms with van der Waals surface area (Å²) in [6.07, 6.45) is 4.72. The summed E-state index contributed by atoms with van der Waals surface area (Å²) in [7, 11) is 0. The zero-order valence-electron chi connectivity index (χ0n) is 13.0. The summed E-state index contributed by atoms with van der Waals surface area (Å²) in [6.45, 7) is 6.70. The van der Waals surface area contributed by atoms with Crippen LogP contribution in [0.5, 0.6) is 0 Å². The van der Waals surface area contributed by atoms with E-state index in [0.29, 0.717) is 12.6 Å². The van der Waals surface area contributed by atoms with Gasteiger partial charge in [-0.05, 0) is 19.3 Å². The molecule has 0 amide bonds. The zero-order valence-corrected chi connectivity index (χ0v) is 13.0. The number of aliphatic hydroxyl groups is 1. The number of piperidine rings is 1. The molecule has 1 saturated heterocycles. The summed E-state index contributed by atoms with van der Waals surface area (Å²) in [4.78, 5) is 14.3. The van der Waals surface area contributed by atoms with Crippen LogP contribution in [-0.2, 0) is 6.54 Å². The molecule has 2 rings (SSSR count). The Balaban J connectivity index is 1.97. The molecule has 1 fully saturated rings. The van der Waals surface area contributed by atoms with Crippen molar-refractivity contribution in [1.29, 1.82) is 0 Å². The van der Waals surface area contributed by atoms with Crippen LogP contribution in [0.25, 0.3) is 0 Å². The molecule has 1 aromatic rings. The Morgan fingerprint density at radius 3 is 2.67 bits per heavy atom. The summed E-state index contributed by atoms with van der Waals surface area (Å²) in [6, 6.07) is 1.94. The number of hydrogen-bond acceptors (Lipinski definition) is 5. The van der Waals surface area contributed by atoms with Gasteiger partial charge in [-0.2, -0.15) is 5.10 Å². The second-order valence-corrected chi connectivity index (χ2v) is 6.00. The molecule has 1 aliphatic heterocycles. The van der Waals surface area contributed by atoms with Gasteiger partial charge in [0.05, 0.1) is 24.5 Å². The molecule has 1 atom stereocenters. The molecular formula is C15H26N4O2. The summed E-state index contributed by atoms with van der Waals surface area (Å²) < 4.78 is 1.33. The smallest absolute Gasteiger partial charge is 0.268 e. The highest BCUT2D eigenvalue weighted by Gasteiger charge is 2.13. The standard InChI is InChI=1S/C15H26N4O2/c1-12(2)16-10-14(20)11-19-15(21)8-13(9-17-19)18-6-4-3-5-7-18/h8-9,12,14,16,20H,3-7,10-11H2,1-2H3. The molecule has 1 unspecified atom stereocenters. The molecule has 0 saturated carbocycles. The summed E-state index contributed by atoms with van der Waals surface area (Å²) in [5.74, 6) is 0. The van der Waals surface area contributed by atoms with E-state index in [-0.39, 0.29) is 12.1 Å². The Labute approximate surface area is 125 Å². The van der Waals surface area contributed by atoms with Crippen LogP contribution in [0.2, 0.25) is 0 Å². The van der Waals surface area contributed by atoms with Crippen LogP contribution in [0.3, 0.4) is 0 Å². The van der Waals surface area contributed by atoms with Gasteiger partial charge in [0, 0.05) is 31.7 Å². The lowest BCUT2D eigenvalue weighted by Crippen LogP contribution is -2.38. The Kier molecular flexibility index (Phi) is 5.76. The van der Waals surface area contributed by atoms with Crippen molar-refractivity contribution in [3.63, 3.8) is 0 Å². The number of nitrogens with one attached hydrogen (secondary N) is 1. The molecule has 6 nitrogen and oxygen atoms in total. The van der Waals surface area contributed by atoms with Gasteiger partial charge in [-0.25, -0.2) is 4.68 Å². The topological polar surface area (TPSA) is 70.4 Å². The van der Waals surface area contributed by atoms with E-state index < -0.39 is 6.10 Å². The summed E-state index contributed by atoms with van der Waals surface area (Å²) >= 11 is 0. The van der Waals surface area contributed by atoms with Gasteiger partial charge in [0.2, 0.25) is 0 Å². The van der Waals surface area contributed by atoms with Gasteiger partial charge in [0.15, 0.2) is 0 Å². The third-order valence-electron chi connectivity index (χ3n) is 3.72. The number of aromatic nitrogens is 2. The van der Waals surface area contributed by atoms with Gasteiger partial charge in [0.1, 0.15) is 0 Å². The highest BCUT2D eigenvalue weighted by Crippen LogP contribution is 2.16. The van der Waals surface area contributed by atoms with E-state index >= 15 is 0 Å². The molecule has 0 aliphatic carbocycles. The third kappa shape index (κ3) is 4.82. The van der Waals surface area contributed by atoms with Crippen molar-refractivity contribution in [2.45, 2.75) is 51.8 Å². The van der Waals surface area contributed by atoms with Crippen molar-refractivity contribution >= 4 is 5.69 Å². The van der Waals surface area contributed by atoms with E-state index in [0.717, 1.165) is 18.8 Å². The highest BCUT2D eigenvalue weighted by molar-refractivity contribution is 5.43. The maximum atomic E-state index is 12.1. The molecule has 0 spiro atoms. The first-order valence-electron chi connectivity index (χ1n) is 7.80. The lowest BCUT2D eigenvalue weighted by atomic mass is 10.1. The van der Waals surface area contributed by atoms with Crippen LogP contribution < -0.4 is 15.8 Å².